The maximum atomic E-state index is 5.71. The van der Waals surface area contributed by atoms with E-state index in [9.17, 15) is 0 Å². The minimum Gasteiger partial charge on any atom is -0.385 e. The van der Waals surface area contributed by atoms with Crippen molar-refractivity contribution < 1.29 is 4.74 Å². The predicted molar refractivity (Wildman–Crippen MR) is 60.7 cm³/mol. The lowest BCUT2D eigenvalue weighted by Gasteiger charge is -2.02. The van der Waals surface area contributed by atoms with Crippen molar-refractivity contribution in [3.8, 4) is 0 Å². The first-order valence-electron chi connectivity index (χ1n) is 5.47. The second-order valence-electron chi connectivity index (χ2n) is 3.98. The number of aryl methyl sites for hydroxylation is 1. The van der Waals surface area contributed by atoms with E-state index < -0.39 is 0 Å². The van der Waals surface area contributed by atoms with Gasteiger partial charge in [0.15, 0.2) is 0 Å². The molecule has 4 heteroatoms. The van der Waals surface area contributed by atoms with Gasteiger partial charge >= 0.3 is 0 Å². The summed E-state index contributed by atoms with van der Waals surface area (Å²) in [7, 11) is 1.73. The van der Waals surface area contributed by atoms with E-state index >= 15 is 0 Å². The van der Waals surface area contributed by atoms with Crippen molar-refractivity contribution >= 4 is 0 Å². The summed E-state index contributed by atoms with van der Waals surface area (Å²) in [6.45, 7) is 3.84. The highest BCUT2D eigenvalue weighted by Crippen LogP contribution is 2.01. The molecule has 15 heavy (non-hydrogen) atoms. The normalized spacial score (nSPS) is 13.0. The fraction of sp³-hybridized carbons (Fsp3) is 0.727. The molecule has 1 unspecified atom stereocenters. The fourth-order valence-electron chi connectivity index (χ4n) is 1.50. The molecule has 0 amide bonds. The van der Waals surface area contributed by atoms with Gasteiger partial charge in [-0.2, -0.15) is 0 Å². The molecule has 1 aromatic rings. The number of unbranched alkanes of at least 4 members (excludes halogenated alkanes) is 1. The molecule has 0 aliphatic carbocycles. The van der Waals surface area contributed by atoms with Crippen molar-refractivity contribution in [2.75, 3.05) is 13.7 Å². The van der Waals surface area contributed by atoms with Gasteiger partial charge in [0.2, 0.25) is 0 Å². The number of hydrogen-bond donors (Lipinski definition) is 1. The van der Waals surface area contributed by atoms with Gasteiger partial charge in [-0.15, -0.1) is 0 Å². The molecular formula is C11H21N3O. The second kappa shape index (κ2) is 6.58. The largest absolute Gasteiger partial charge is 0.385 e. The van der Waals surface area contributed by atoms with Crippen molar-refractivity contribution in [3.05, 3.63) is 18.2 Å². The molecule has 1 rings (SSSR count). The smallest absolute Gasteiger partial charge is 0.0949 e. The molecule has 0 aliphatic heterocycles. The number of hydrogen-bond acceptors (Lipinski definition) is 3. The summed E-state index contributed by atoms with van der Waals surface area (Å²) in [5.74, 6) is 0. The minimum atomic E-state index is 0.182. The Morgan fingerprint density at radius 2 is 2.33 bits per heavy atom. The van der Waals surface area contributed by atoms with Crippen LogP contribution in [-0.4, -0.2) is 29.3 Å². The lowest BCUT2D eigenvalue weighted by molar-refractivity contribution is 0.191. The average molecular weight is 211 g/mol. The quantitative estimate of drug-likeness (QED) is 0.689. The number of ether oxygens (including phenoxy) is 1. The number of nitrogens with two attached hydrogens (primary N) is 1. The summed E-state index contributed by atoms with van der Waals surface area (Å²) >= 11 is 0. The van der Waals surface area contributed by atoms with Gasteiger partial charge in [-0.05, 0) is 19.8 Å². The average Bonchev–Trinajstić information content (AvgIpc) is 2.59. The molecule has 0 fully saturated rings. The summed E-state index contributed by atoms with van der Waals surface area (Å²) < 4.78 is 7.11. The molecule has 0 spiro atoms. The Kier molecular flexibility index (Phi) is 5.36. The van der Waals surface area contributed by atoms with Crippen LogP contribution in [0.4, 0.5) is 0 Å². The predicted octanol–water partition coefficient (Wildman–Crippen LogP) is 1.20. The molecule has 0 bridgehead atoms. The molecule has 0 aliphatic rings. The summed E-state index contributed by atoms with van der Waals surface area (Å²) in [6, 6.07) is 0.182. The van der Waals surface area contributed by atoms with Crippen molar-refractivity contribution in [2.45, 2.75) is 38.8 Å². The first-order valence-corrected chi connectivity index (χ1v) is 5.47. The van der Waals surface area contributed by atoms with E-state index in [1.165, 1.54) is 0 Å². The highest BCUT2D eigenvalue weighted by atomic mass is 16.5. The summed E-state index contributed by atoms with van der Waals surface area (Å²) in [4.78, 5) is 4.31. The van der Waals surface area contributed by atoms with Crippen LogP contribution in [0.25, 0.3) is 0 Å². The highest BCUT2D eigenvalue weighted by molar-refractivity contribution is 4.98. The molecular weight excluding hydrogens is 190 g/mol. The van der Waals surface area contributed by atoms with Crippen LogP contribution in [0, 0.1) is 0 Å². The monoisotopic (exact) mass is 211 g/mol. The standard InChI is InChI=1S/C11H21N3O/c1-10(12)7-11-8-14(9-13-11)5-3-4-6-15-2/h8-10H,3-7,12H2,1-2H3. The van der Waals surface area contributed by atoms with E-state index in [1.54, 1.807) is 7.11 Å². The van der Waals surface area contributed by atoms with E-state index in [-0.39, 0.29) is 6.04 Å². The van der Waals surface area contributed by atoms with Gasteiger partial charge in [-0.25, -0.2) is 4.98 Å². The maximum Gasteiger partial charge on any atom is 0.0949 e. The molecule has 0 aromatic carbocycles. The van der Waals surface area contributed by atoms with Gasteiger partial charge in [0, 0.05) is 38.9 Å². The third-order valence-electron chi connectivity index (χ3n) is 2.23. The third kappa shape index (κ3) is 4.95. The van der Waals surface area contributed by atoms with E-state index in [2.05, 4.69) is 15.7 Å². The summed E-state index contributed by atoms with van der Waals surface area (Å²) in [5, 5.41) is 0. The van der Waals surface area contributed by atoms with E-state index in [0.717, 1.165) is 38.1 Å². The Morgan fingerprint density at radius 3 is 3.00 bits per heavy atom. The minimum absolute atomic E-state index is 0.182. The second-order valence-corrected chi connectivity index (χ2v) is 3.98. The molecule has 86 valence electrons. The molecule has 1 aromatic heterocycles. The van der Waals surface area contributed by atoms with Gasteiger partial charge in [0.1, 0.15) is 0 Å². The number of aromatic nitrogens is 2. The van der Waals surface area contributed by atoms with Crippen LogP contribution < -0.4 is 5.73 Å². The fourth-order valence-corrected chi connectivity index (χ4v) is 1.50. The zero-order valence-electron chi connectivity index (χ0n) is 9.65. The molecule has 0 saturated heterocycles. The number of methoxy groups -OCH3 is 1. The topological polar surface area (TPSA) is 53.1 Å². The SMILES string of the molecule is COCCCCn1cnc(CC(C)N)c1. The van der Waals surface area contributed by atoms with Gasteiger partial charge < -0.3 is 15.0 Å². The zero-order valence-corrected chi connectivity index (χ0v) is 9.65. The van der Waals surface area contributed by atoms with Gasteiger partial charge in [-0.3, -0.25) is 0 Å². The van der Waals surface area contributed by atoms with E-state index in [1.807, 2.05) is 13.3 Å². The molecule has 1 heterocycles. The van der Waals surface area contributed by atoms with Crippen molar-refractivity contribution in [1.29, 1.82) is 0 Å². The molecule has 2 N–H and O–H groups in total. The van der Waals surface area contributed by atoms with Crippen LogP contribution in [0.3, 0.4) is 0 Å². The Labute approximate surface area is 91.4 Å². The first kappa shape index (κ1) is 12.2. The highest BCUT2D eigenvalue weighted by Gasteiger charge is 2.01. The number of imidazole rings is 1. The lowest BCUT2D eigenvalue weighted by Crippen LogP contribution is -2.17. The Hall–Kier alpha value is -0.870. The van der Waals surface area contributed by atoms with Crippen molar-refractivity contribution in [3.63, 3.8) is 0 Å². The van der Waals surface area contributed by atoms with Gasteiger partial charge in [0.25, 0.3) is 0 Å². The molecule has 0 saturated carbocycles. The van der Waals surface area contributed by atoms with Crippen LogP contribution in [0.15, 0.2) is 12.5 Å². The van der Waals surface area contributed by atoms with Crippen LogP contribution in [0.1, 0.15) is 25.5 Å². The van der Waals surface area contributed by atoms with Crippen LogP contribution in [-0.2, 0) is 17.7 Å². The number of nitrogens with zero attached hydrogens (tertiary/aromatic N) is 2. The Balaban J connectivity index is 2.26. The summed E-state index contributed by atoms with van der Waals surface area (Å²) in [5.41, 5.74) is 6.79. The van der Waals surface area contributed by atoms with Crippen LogP contribution in [0.5, 0.6) is 0 Å². The molecule has 0 radical (unpaired) electrons. The van der Waals surface area contributed by atoms with Crippen molar-refractivity contribution in [1.82, 2.24) is 9.55 Å². The van der Waals surface area contributed by atoms with Crippen molar-refractivity contribution in [2.24, 2.45) is 5.73 Å². The summed E-state index contributed by atoms with van der Waals surface area (Å²) in [6.07, 6.45) is 7.03. The van der Waals surface area contributed by atoms with E-state index in [0.29, 0.717) is 0 Å². The van der Waals surface area contributed by atoms with Crippen LogP contribution >= 0.6 is 0 Å². The molecule has 1 atom stereocenters. The first-order chi connectivity index (χ1) is 7.22. The Morgan fingerprint density at radius 1 is 1.53 bits per heavy atom. The van der Waals surface area contributed by atoms with Gasteiger partial charge in [-0.1, -0.05) is 0 Å². The maximum absolute atomic E-state index is 5.71. The third-order valence-corrected chi connectivity index (χ3v) is 2.23. The lowest BCUT2D eigenvalue weighted by atomic mass is 10.2. The zero-order chi connectivity index (χ0) is 11.1. The van der Waals surface area contributed by atoms with Crippen LogP contribution in [0.2, 0.25) is 0 Å². The Bertz CT molecular complexity index is 271. The number of rotatable bonds is 7. The van der Waals surface area contributed by atoms with E-state index in [4.69, 9.17) is 10.5 Å². The molecule has 4 nitrogen and oxygen atoms in total. The van der Waals surface area contributed by atoms with Gasteiger partial charge in [0.05, 0.1) is 12.0 Å².